The molecule has 0 saturated carbocycles. The van der Waals surface area contributed by atoms with E-state index < -0.39 is 0 Å². The van der Waals surface area contributed by atoms with Crippen LogP contribution in [0.5, 0.6) is 0 Å². The number of rotatable bonds is 5. The predicted molar refractivity (Wildman–Crippen MR) is 66.7 cm³/mol. The van der Waals surface area contributed by atoms with Crippen LogP contribution in [-0.4, -0.2) is 39.8 Å². The molecular formula is C11H14N6O2. The molecule has 8 heteroatoms. The van der Waals surface area contributed by atoms with E-state index in [1.54, 1.807) is 26.1 Å². The number of amides is 1. The van der Waals surface area contributed by atoms with Crippen LogP contribution in [0.2, 0.25) is 0 Å². The lowest BCUT2D eigenvalue weighted by Gasteiger charge is -2.03. The Labute approximate surface area is 109 Å². The lowest BCUT2D eigenvalue weighted by Crippen LogP contribution is -2.27. The van der Waals surface area contributed by atoms with Crippen molar-refractivity contribution in [3.8, 4) is 0 Å². The van der Waals surface area contributed by atoms with Crippen LogP contribution in [0.4, 0.5) is 5.82 Å². The number of hydrogen-bond acceptors (Lipinski definition) is 7. The Morgan fingerprint density at radius 2 is 2.21 bits per heavy atom. The fourth-order valence-electron chi connectivity index (χ4n) is 1.41. The number of nitrogens with zero attached hydrogens (tertiary/aromatic N) is 4. The Morgan fingerprint density at radius 1 is 1.37 bits per heavy atom. The van der Waals surface area contributed by atoms with Gasteiger partial charge in [-0.2, -0.15) is 4.98 Å². The smallest absolute Gasteiger partial charge is 0.271 e. The molecule has 0 saturated heterocycles. The fourth-order valence-corrected chi connectivity index (χ4v) is 1.41. The highest BCUT2D eigenvalue weighted by molar-refractivity contribution is 5.92. The van der Waals surface area contributed by atoms with E-state index in [4.69, 9.17) is 4.52 Å². The Hall–Kier alpha value is -2.51. The van der Waals surface area contributed by atoms with Crippen molar-refractivity contribution < 1.29 is 9.32 Å². The Morgan fingerprint density at radius 3 is 2.79 bits per heavy atom. The van der Waals surface area contributed by atoms with Gasteiger partial charge in [-0.05, 0) is 12.1 Å². The third kappa shape index (κ3) is 3.47. The second-order valence-electron chi connectivity index (χ2n) is 3.79. The molecule has 1 amide bonds. The zero-order chi connectivity index (χ0) is 13.7. The zero-order valence-electron chi connectivity index (χ0n) is 10.7. The average Bonchev–Trinajstić information content (AvgIpc) is 2.84. The highest BCUT2D eigenvalue weighted by Crippen LogP contribution is 2.00. The molecule has 2 N–H and O–H groups in total. The van der Waals surface area contributed by atoms with Crippen molar-refractivity contribution in [2.75, 3.05) is 18.9 Å². The van der Waals surface area contributed by atoms with Crippen molar-refractivity contribution in [1.82, 2.24) is 25.7 Å². The summed E-state index contributed by atoms with van der Waals surface area (Å²) < 4.78 is 4.83. The number of aromatic nitrogens is 4. The molecule has 0 radical (unpaired) electrons. The van der Waals surface area contributed by atoms with E-state index in [0.29, 0.717) is 30.5 Å². The Bertz CT molecular complexity index is 551. The highest BCUT2D eigenvalue weighted by Gasteiger charge is 2.08. The number of carbonyl (C=O) groups excluding carboxylic acids is 1. The third-order valence-corrected chi connectivity index (χ3v) is 2.36. The molecule has 100 valence electrons. The summed E-state index contributed by atoms with van der Waals surface area (Å²) in [4.78, 5) is 15.8. The van der Waals surface area contributed by atoms with Gasteiger partial charge in [-0.1, -0.05) is 5.16 Å². The maximum absolute atomic E-state index is 11.7. The molecule has 0 aliphatic carbocycles. The maximum Gasteiger partial charge on any atom is 0.271 e. The summed E-state index contributed by atoms with van der Waals surface area (Å²) in [5.41, 5.74) is 0.267. The van der Waals surface area contributed by atoms with Crippen LogP contribution < -0.4 is 10.6 Å². The molecule has 0 aliphatic heterocycles. The van der Waals surface area contributed by atoms with Crippen molar-refractivity contribution >= 4 is 11.7 Å². The molecule has 2 aromatic rings. The van der Waals surface area contributed by atoms with Crippen LogP contribution >= 0.6 is 0 Å². The number of hydrogen-bond donors (Lipinski definition) is 2. The fraction of sp³-hybridized carbons (Fsp3) is 0.364. The van der Waals surface area contributed by atoms with E-state index in [9.17, 15) is 4.79 Å². The molecule has 2 aromatic heterocycles. The molecule has 0 bridgehead atoms. The quantitative estimate of drug-likeness (QED) is 0.791. The summed E-state index contributed by atoms with van der Waals surface area (Å²) >= 11 is 0. The number of anilines is 1. The largest absolute Gasteiger partial charge is 0.372 e. The van der Waals surface area contributed by atoms with Gasteiger partial charge >= 0.3 is 0 Å². The van der Waals surface area contributed by atoms with Gasteiger partial charge in [0.05, 0.1) is 0 Å². The number of carbonyl (C=O) groups is 1. The molecule has 2 rings (SSSR count). The second-order valence-corrected chi connectivity index (χ2v) is 3.79. The molecule has 19 heavy (non-hydrogen) atoms. The minimum absolute atomic E-state index is 0.267. The second kappa shape index (κ2) is 5.89. The summed E-state index contributed by atoms with van der Waals surface area (Å²) in [6.07, 6.45) is 0.505. The van der Waals surface area contributed by atoms with Crippen LogP contribution in [0.15, 0.2) is 16.7 Å². The van der Waals surface area contributed by atoms with E-state index >= 15 is 0 Å². The zero-order valence-corrected chi connectivity index (χ0v) is 10.7. The third-order valence-electron chi connectivity index (χ3n) is 2.36. The van der Waals surface area contributed by atoms with Gasteiger partial charge in [0.15, 0.2) is 11.5 Å². The predicted octanol–water partition coefficient (Wildman–Crippen LogP) is 0.182. The van der Waals surface area contributed by atoms with E-state index in [2.05, 4.69) is 31.0 Å². The van der Waals surface area contributed by atoms with E-state index in [1.807, 2.05) is 0 Å². The molecule has 0 aliphatic rings. The van der Waals surface area contributed by atoms with Crippen LogP contribution in [0, 0.1) is 6.92 Å². The first-order valence-corrected chi connectivity index (χ1v) is 5.78. The lowest BCUT2D eigenvalue weighted by atomic mass is 10.3. The normalized spacial score (nSPS) is 10.2. The van der Waals surface area contributed by atoms with Gasteiger partial charge in [0.1, 0.15) is 5.82 Å². The molecule has 8 nitrogen and oxygen atoms in total. The van der Waals surface area contributed by atoms with Gasteiger partial charge in [0.2, 0.25) is 5.89 Å². The van der Waals surface area contributed by atoms with Gasteiger partial charge in [-0.15, -0.1) is 10.2 Å². The topological polar surface area (TPSA) is 106 Å². The molecule has 0 aromatic carbocycles. The van der Waals surface area contributed by atoms with Crippen molar-refractivity contribution in [2.24, 2.45) is 0 Å². The highest BCUT2D eigenvalue weighted by atomic mass is 16.5. The van der Waals surface area contributed by atoms with Gasteiger partial charge in [0, 0.05) is 26.9 Å². The number of aryl methyl sites for hydroxylation is 1. The van der Waals surface area contributed by atoms with E-state index in [-0.39, 0.29) is 11.6 Å². The maximum atomic E-state index is 11.7. The Kier molecular flexibility index (Phi) is 4.01. The molecular weight excluding hydrogens is 248 g/mol. The standard InChI is InChI=1S/C11H14N6O2/c1-7-14-10(17-19-7)5-6-13-11(18)8-3-4-9(12-2)16-15-8/h3-4H,5-6H2,1-2H3,(H,12,16)(H,13,18). The van der Waals surface area contributed by atoms with Crippen molar-refractivity contribution in [3.05, 3.63) is 29.5 Å². The minimum Gasteiger partial charge on any atom is -0.372 e. The minimum atomic E-state index is -0.282. The molecule has 0 atom stereocenters. The van der Waals surface area contributed by atoms with E-state index in [1.165, 1.54) is 0 Å². The van der Waals surface area contributed by atoms with Crippen LogP contribution in [0.3, 0.4) is 0 Å². The monoisotopic (exact) mass is 262 g/mol. The molecule has 2 heterocycles. The van der Waals surface area contributed by atoms with E-state index in [0.717, 1.165) is 0 Å². The SMILES string of the molecule is CNc1ccc(C(=O)NCCc2noc(C)n2)nn1. The summed E-state index contributed by atoms with van der Waals surface area (Å²) in [6, 6.07) is 3.29. The number of nitrogens with one attached hydrogen (secondary N) is 2. The lowest BCUT2D eigenvalue weighted by molar-refractivity contribution is 0.0948. The average molecular weight is 262 g/mol. The van der Waals surface area contributed by atoms with Gasteiger partial charge in [0.25, 0.3) is 5.91 Å². The molecule has 0 unspecified atom stereocenters. The summed E-state index contributed by atoms with van der Waals surface area (Å²) in [6.45, 7) is 2.13. The first-order chi connectivity index (χ1) is 9.19. The van der Waals surface area contributed by atoms with Crippen LogP contribution in [-0.2, 0) is 6.42 Å². The van der Waals surface area contributed by atoms with Gasteiger partial charge < -0.3 is 15.2 Å². The first kappa shape index (κ1) is 12.9. The van der Waals surface area contributed by atoms with Gasteiger partial charge in [-0.25, -0.2) is 0 Å². The Balaban J connectivity index is 1.83. The van der Waals surface area contributed by atoms with Crippen molar-refractivity contribution in [1.29, 1.82) is 0 Å². The molecule has 0 spiro atoms. The summed E-state index contributed by atoms with van der Waals surface area (Å²) in [5, 5.41) is 16.9. The summed E-state index contributed by atoms with van der Waals surface area (Å²) in [7, 11) is 1.73. The van der Waals surface area contributed by atoms with Crippen molar-refractivity contribution in [3.63, 3.8) is 0 Å². The summed E-state index contributed by atoms with van der Waals surface area (Å²) in [5.74, 6) is 1.40. The first-order valence-electron chi connectivity index (χ1n) is 5.78. The van der Waals surface area contributed by atoms with Crippen LogP contribution in [0.25, 0.3) is 0 Å². The van der Waals surface area contributed by atoms with Crippen LogP contribution in [0.1, 0.15) is 22.2 Å². The van der Waals surface area contributed by atoms with Gasteiger partial charge in [-0.3, -0.25) is 4.79 Å². The molecule has 0 fully saturated rings. The van der Waals surface area contributed by atoms with Crippen molar-refractivity contribution in [2.45, 2.75) is 13.3 Å².